The third-order valence-electron chi connectivity index (χ3n) is 3.23. The average Bonchev–Trinajstić information content (AvgIpc) is 3.18. The predicted molar refractivity (Wildman–Crippen MR) is 83.5 cm³/mol. The van der Waals surface area contributed by atoms with Crippen LogP contribution in [0.1, 0.15) is 5.89 Å². The average molecular weight is 326 g/mol. The summed E-state index contributed by atoms with van der Waals surface area (Å²) in [6, 6.07) is 7.56. The van der Waals surface area contributed by atoms with Crippen molar-refractivity contribution in [1.29, 1.82) is 0 Å². The monoisotopic (exact) mass is 326 g/mol. The third kappa shape index (κ3) is 3.32. The summed E-state index contributed by atoms with van der Waals surface area (Å²) in [5.41, 5.74) is 0.710. The fraction of sp³-hybridized carbons (Fsp3) is 0.125. The van der Waals surface area contributed by atoms with Crippen LogP contribution in [0.4, 0.5) is 0 Å². The van der Waals surface area contributed by atoms with Crippen molar-refractivity contribution < 1.29 is 19.2 Å². The molecule has 0 amide bonds. The van der Waals surface area contributed by atoms with Crippen LogP contribution in [0.25, 0.3) is 11.4 Å². The van der Waals surface area contributed by atoms with Gasteiger partial charge < -0.3 is 18.9 Å². The first-order valence-electron chi connectivity index (χ1n) is 7.02. The van der Waals surface area contributed by atoms with Gasteiger partial charge in [0.2, 0.25) is 11.7 Å². The molecule has 1 N–H and O–H groups in total. The number of rotatable bonds is 6. The standard InChI is InChI=1S/C16H14N4O4/c1-10(15(21)22)9-13-18-14(19-24-13)11-3-5-12(6-4-11)23-16-17-7-8-20(16)2/h3-8H,1,9H2,2H3,(H,21,22). The quantitative estimate of drug-likeness (QED) is 0.694. The van der Waals surface area contributed by atoms with Crippen molar-refractivity contribution in [1.82, 2.24) is 19.7 Å². The van der Waals surface area contributed by atoms with Crippen LogP contribution in [0.5, 0.6) is 11.8 Å². The number of hydrogen-bond donors (Lipinski definition) is 1. The molecule has 8 nitrogen and oxygen atoms in total. The summed E-state index contributed by atoms with van der Waals surface area (Å²) in [5, 5.41) is 12.7. The topological polar surface area (TPSA) is 103 Å². The van der Waals surface area contributed by atoms with E-state index in [0.29, 0.717) is 17.6 Å². The Morgan fingerprint density at radius 2 is 2.12 bits per heavy atom. The fourth-order valence-corrected chi connectivity index (χ4v) is 1.93. The summed E-state index contributed by atoms with van der Waals surface area (Å²) < 4.78 is 12.4. The van der Waals surface area contributed by atoms with Gasteiger partial charge in [-0.2, -0.15) is 4.98 Å². The van der Waals surface area contributed by atoms with Gasteiger partial charge in [-0.25, -0.2) is 9.78 Å². The van der Waals surface area contributed by atoms with Crippen LogP contribution in [-0.4, -0.2) is 30.8 Å². The van der Waals surface area contributed by atoms with E-state index in [1.54, 1.807) is 41.2 Å². The molecule has 0 bridgehead atoms. The summed E-state index contributed by atoms with van der Waals surface area (Å²) in [6.07, 6.45) is 3.44. The Hall–Kier alpha value is -3.42. The van der Waals surface area contributed by atoms with Gasteiger partial charge >= 0.3 is 12.0 Å². The number of hydrogen-bond acceptors (Lipinski definition) is 6. The van der Waals surface area contributed by atoms with Crippen LogP contribution in [0.15, 0.2) is 53.3 Å². The molecule has 2 heterocycles. The van der Waals surface area contributed by atoms with Gasteiger partial charge in [-0.15, -0.1) is 0 Å². The van der Waals surface area contributed by atoms with E-state index in [1.165, 1.54) is 0 Å². The van der Waals surface area contributed by atoms with Crippen LogP contribution in [0.3, 0.4) is 0 Å². The maximum atomic E-state index is 10.8. The highest BCUT2D eigenvalue weighted by Crippen LogP contribution is 2.23. The zero-order valence-corrected chi connectivity index (χ0v) is 12.8. The summed E-state index contributed by atoms with van der Waals surface area (Å²) in [5.74, 6) is 0.0963. The van der Waals surface area contributed by atoms with Gasteiger partial charge in [0.25, 0.3) is 0 Å². The molecule has 0 fully saturated rings. The molecule has 0 saturated carbocycles. The normalized spacial score (nSPS) is 10.5. The number of aryl methyl sites for hydroxylation is 1. The molecule has 0 radical (unpaired) electrons. The van der Waals surface area contributed by atoms with Gasteiger partial charge in [0, 0.05) is 30.6 Å². The molecule has 0 atom stereocenters. The summed E-state index contributed by atoms with van der Waals surface area (Å²) in [6.45, 7) is 3.43. The Kier molecular flexibility index (Phi) is 4.11. The molecule has 0 spiro atoms. The van der Waals surface area contributed by atoms with Gasteiger partial charge in [-0.3, -0.25) is 0 Å². The highest BCUT2D eigenvalue weighted by Gasteiger charge is 2.13. The molecular formula is C16H14N4O4. The predicted octanol–water partition coefficient (Wildman–Crippen LogP) is 2.45. The zero-order chi connectivity index (χ0) is 17.1. The number of aromatic nitrogens is 4. The summed E-state index contributed by atoms with van der Waals surface area (Å²) in [4.78, 5) is 19.0. The van der Waals surface area contributed by atoms with Crippen molar-refractivity contribution in [2.75, 3.05) is 0 Å². The molecule has 3 aromatic rings. The van der Waals surface area contributed by atoms with Crippen molar-refractivity contribution >= 4 is 5.97 Å². The Morgan fingerprint density at radius 1 is 1.38 bits per heavy atom. The molecule has 24 heavy (non-hydrogen) atoms. The van der Waals surface area contributed by atoms with Gasteiger partial charge in [0.15, 0.2) is 0 Å². The molecule has 3 rings (SSSR count). The largest absolute Gasteiger partial charge is 0.478 e. The molecule has 122 valence electrons. The maximum Gasteiger partial charge on any atom is 0.331 e. The van der Waals surface area contributed by atoms with E-state index in [0.717, 1.165) is 5.56 Å². The number of ether oxygens (including phenoxy) is 1. The van der Waals surface area contributed by atoms with E-state index in [-0.39, 0.29) is 17.9 Å². The molecule has 8 heteroatoms. The lowest BCUT2D eigenvalue weighted by atomic mass is 10.2. The van der Waals surface area contributed by atoms with Crippen LogP contribution in [-0.2, 0) is 18.3 Å². The zero-order valence-electron chi connectivity index (χ0n) is 12.8. The van der Waals surface area contributed by atoms with Crippen molar-refractivity contribution in [3.8, 4) is 23.1 Å². The number of imidazole rings is 1. The third-order valence-corrected chi connectivity index (χ3v) is 3.23. The van der Waals surface area contributed by atoms with Gasteiger partial charge in [0.05, 0.1) is 6.42 Å². The van der Waals surface area contributed by atoms with E-state index in [4.69, 9.17) is 14.4 Å². The van der Waals surface area contributed by atoms with Crippen LogP contribution in [0, 0.1) is 0 Å². The number of aliphatic carboxylic acids is 1. The van der Waals surface area contributed by atoms with Crippen molar-refractivity contribution in [3.63, 3.8) is 0 Å². The number of benzene rings is 1. The SMILES string of the molecule is C=C(Cc1nc(-c2ccc(Oc3nccn3C)cc2)no1)C(=O)O. The lowest BCUT2D eigenvalue weighted by molar-refractivity contribution is -0.132. The first-order valence-corrected chi connectivity index (χ1v) is 7.02. The van der Waals surface area contributed by atoms with Gasteiger partial charge in [-0.1, -0.05) is 11.7 Å². The van der Waals surface area contributed by atoms with Gasteiger partial charge in [-0.05, 0) is 24.3 Å². The summed E-state index contributed by atoms with van der Waals surface area (Å²) in [7, 11) is 1.84. The van der Waals surface area contributed by atoms with E-state index in [1.807, 2.05) is 7.05 Å². The molecule has 2 aromatic heterocycles. The lowest BCUT2D eigenvalue weighted by Crippen LogP contribution is -2.02. The van der Waals surface area contributed by atoms with Gasteiger partial charge in [0.1, 0.15) is 5.75 Å². The first-order chi connectivity index (χ1) is 11.5. The van der Waals surface area contributed by atoms with Crippen LogP contribution in [0.2, 0.25) is 0 Å². The first kappa shape index (κ1) is 15.5. The minimum absolute atomic E-state index is 0.00267. The molecule has 0 unspecified atom stereocenters. The number of carbonyl (C=O) groups is 1. The Labute approximate surface area is 137 Å². The van der Waals surface area contributed by atoms with Crippen LogP contribution < -0.4 is 4.74 Å². The van der Waals surface area contributed by atoms with Crippen molar-refractivity contribution in [3.05, 3.63) is 54.7 Å². The van der Waals surface area contributed by atoms with Crippen LogP contribution >= 0.6 is 0 Å². The second-order valence-corrected chi connectivity index (χ2v) is 5.04. The summed E-state index contributed by atoms with van der Waals surface area (Å²) >= 11 is 0. The minimum atomic E-state index is -1.09. The second-order valence-electron chi connectivity index (χ2n) is 5.04. The Balaban J connectivity index is 1.72. The van der Waals surface area contributed by atoms with E-state index in [9.17, 15) is 4.79 Å². The molecule has 0 aliphatic carbocycles. The van der Waals surface area contributed by atoms with E-state index in [2.05, 4.69) is 21.7 Å². The molecule has 0 saturated heterocycles. The van der Waals surface area contributed by atoms with E-state index < -0.39 is 5.97 Å². The van der Waals surface area contributed by atoms with E-state index >= 15 is 0 Å². The Bertz CT molecular complexity index is 880. The molecular weight excluding hydrogens is 312 g/mol. The molecule has 0 aliphatic heterocycles. The molecule has 1 aromatic carbocycles. The smallest absolute Gasteiger partial charge is 0.331 e. The number of carboxylic acid groups (broad SMARTS) is 1. The number of carboxylic acids is 1. The fourth-order valence-electron chi connectivity index (χ4n) is 1.93. The Morgan fingerprint density at radius 3 is 2.75 bits per heavy atom. The highest BCUT2D eigenvalue weighted by atomic mass is 16.5. The van der Waals surface area contributed by atoms with Crippen molar-refractivity contribution in [2.24, 2.45) is 7.05 Å². The maximum absolute atomic E-state index is 10.8. The number of nitrogens with zero attached hydrogens (tertiary/aromatic N) is 4. The lowest BCUT2D eigenvalue weighted by Gasteiger charge is -2.04. The molecule has 0 aliphatic rings. The highest BCUT2D eigenvalue weighted by molar-refractivity contribution is 5.86. The second kappa shape index (κ2) is 6.37. The minimum Gasteiger partial charge on any atom is -0.478 e. The van der Waals surface area contributed by atoms with Crippen molar-refractivity contribution in [2.45, 2.75) is 6.42 Å².